The average molecular weight is 491 g/mol. The maximum Gasteiger partial charge on any atom is 0.286 e. The Morgan fingerprint density at radius 1 is 1.00 bits per heavy atom. The number of carbonyl (C=O) groups is 2. The van der Waals surface area contributed by atoms with Gasteiger partial charge in [0.1, 0.15) is 35.4 Å². The lowest BCUT2D eigenvalue weighted by Crippen LogP contribution is -2.25. The molecule has 0 spiro atoms. The van der Waals surface area contributed by atoms with Crippen LogP contribution < -0.4 is 19.5 Å². The molecule has 0 radical (unpaired) electrons. The summed E-state index contributed by atoms with van der Waals surface area (Å²) in [7, 11) is 3.55. The predicted molar refractivity (Wildman–Crippen MR) is 133 cm³/mol. The van der Waals surface area contributed by atoms with Gasteiger partial charge in [-0.2, -0.15) is 0 Å². The highest BCUT2D eigenvalue weighted by molar-refractivity contribution is 8.15. The van der Waals surface area contributed by atoms with E-state index in [1.807, 2.05) is 54.1 Å². The molecule has 0 saturated carbocycles. The first-order valence-electron chi connectivity index (χ1n) is 11.4. The Kier molecular flexibility index (Phi) is 5.98. The Hall–Kier alpha value is -3.98. The minimum absolute atomic E-state index is 0.126. The number of carbonyl (C=O) groups excluding carboxylic acids is 2. The summed E-state index contributed by atoms with van der Waals surface area (Å²) in [4.78, 5) is 28.0. The number of nitrogens with one attached hydrogen (secondary N) is 1. The SMILES string of the molecule is [2H]C1(Cc2ccc(OCc3nc4ccc(Oc5ccc(OC)cc5)cc4n3C)cc2)SC(=O)NC1=O. The lowest BCUT2D eigenvalue weighted by molar-refractivity contribution is -0.118. The quantitative estimate of drug-likeness (QED) is 0.378. The first-order valence-corrected chi connectivity index (χ1v) is 11.7. The van der Waals surface area contributed by atoms with E-state index in [1.165, 1.54) is 0 Å². The first kappa shape index (κ1) is 21.5. The van der Waals surface area contributed by atoms with E-state index in [0.29, 0.717) is 29.0 Å². The Bertz CT molecular complexity index is 1440. The molecule has 0 bridgehead atoms. The number of benzene rings is 3. The van der Waals surface area contributed by atoms with Gasteiger partial charge in [-0.15, -0.1) is 0 Å². The van der Waals surface area contributed by atoms with E-state index in [-0.39, 0.29) is 13.0 Å². The van der Waals surface area contributed by atoms with Crippen LogP contribution in [0.4, 0.5) is 4.79 Å². The summed E-state index contributed by atoms with van der Waals surface area (Å²) >= 11 is 0.700. The molecule has 1 N–H and O–H groups in total. The molecule has 2 heterocycles. The number of ether oxygens (including phenoxy) is 3. The lowest BCUT2D eigenvalue weighted by atomic mass is 10.1. The highest BCUT2D eigenvalue weighted by Gasteiger charge is 2.31. The molecular weight excluding hydrogens is 466 g/mol. The highest BCUT2D eigenvalue weighted by Crippen LogP contribution is 2.28. The normalized spacial score (nSPS) is 17.8. The van der Waals surface area contributed by atoms with Gasteiger partial charge in [-0.3, -0.25) is 14.9 Å². The van der Waals surface area contributed by atoms with Crippen molar-refractivity contribution >= 4 is 33.9 Å². The van der Waals surface area contributed by atoms with Crippen molar-refractivity contribution in [1.82, 2.24) is 14.9 Å². The van der Waals surface area contributed by atoms with Crippen LogP contribution in [0.5, 0.6) is 23.0 Å². The predicted octanol–water partition coefficient (Wildman–Crippen LogP) is 4.85. The second-order valence-electron chi connectivity index (χ2n) is 7.89. The first-order chi connectivity index (χ1) is 17.3. The second kappa shape index (κ2) is 9.71. The van der Waals surface area contributed by atoms with Gasteiger partial charge in [0.25, 0.3) is 5.24 Å². The van der Waals surface area contributed by atoms with Crippen molar-refractivity contribution in [2.24, 2.45) is 7.05 Å². The zero-order valence-electron chi connectivity index (χ0n) is 20.1. The molecule has 1 aliphatic heterocycles. The molecule has 1 aliphatic rings. The number of aromatic nitrogens is 2. The van der Waals surface area contributed by atoms with Crippen LogP contribution in [-0.4, -0.2) is 33.0 Å². The summed E-state index contributed by atoms with van der Waals surface area (Å²) in [5.41, 5.74) is 2.51. The van der Waals surface area contributed by atoms with E-state index in [1.54, 1.807) is 31.4 Å². The summed E-state index contributed by atoms with van der Waals surface area (Å²) in [5, 5.41) is 0.136. The fourth-order valence-corrected chi connectivity index (χ4v) is 4.44. The van der Waals surface area contributed by atoms with Gasteiger partial charge in [0.05, 0.1) is 24.7 Å². The number of fused-ring (bicyclic) bond motifs is 1. The Morgan fingerprint density at radius 3 is 2.37 bits per heavy atom. The number of imidazole rings is 1. The molecule has 8 nitrogen and oxygen atoms in total. The number of hydrogen-bond donors (Lipinski definition) is 1. The van der Waals surface area contributed by atoms with Crippen LogP contribution in [-0.2, 0) is 24.9 Å². The summed E-state index contributed by atoms with van der Waals surface area (Å²) in [6.07, 6.45) is 0.126. The van der Waals surface area contributed by atoms with Crippen molar-refractivity contribution in [2.45, 2.75) is 18.3 Å². The molecule has 9 heteroatoms. The van der Waals surface area contributed by atoms with Crippen LogP contribution in [0.25, 0.3) is 11.0 Å². The molecule has 1 aromatic heterocycles. The van der Waals surface area contributed by atoms with Crippen molar-refractivity contribution in [2.75, 3.05) is 7.11 Å². The van der Waals surface area contributed by atoms with Gasteiger partial charge in [0.15, 0.2) is 0 Å². The van der Waals surface area contributed by atoms with Crippen molar-refractivity contribution in [3.63, 3.8) is 0 Å². The van der Waals surface area contributed by atoms with E-state index in [0.717, 1.165) is 28.2 Å². The van der Waals surface area contributed by atoms with Gasteiger partial charge in [-0.25, -0.2) is 4.98 Å². The van der Waals surface area contributed by atoms with Crippen LogP contribution >= 0.6 is 11.8 Å². The molecule has 2 amide bonds. The molecule has 1 unspecified atom stereocenters. The van der Waals surface area contributed by atoms with E-state index < -0.39 is 16.4 Å². The van der Waals surface area contributed by atoms with Crippen molar-refractivity contribution in [3.05, 3.63) is 78.1 Å². The number of hydrogen-bond acceptors (Lipinski definition) is 7. The molecule has 3 aromatic carbocycles. The maximum absolute atomic E-state index is 11.9. The number of thioether (sulfide) groups is 1. The Labute approximate surface area is 207 Å². The van der Waals surface area contributed by atoms with Gasteiger partial charge >= 0.3 is 0 Å². The third-order valence-electron chi connectivity index (χ3n) is 5.58. The van der Waals surface area contributed by atoms with Crippen LogP contribution in [0.2, 0.25) is 0 Å². The second-order valence-corrected chi connectivity index (χ2v) is 8.96. The molecule has 1 fully saturated rings. The van der Waals surface area contributed by atoms with E-state index in [9.17, 15) is 9.59 Å². The van der Waals surface area contributed by atoms with E-state index in [2.05, 4.69) is 10.3 Å². The Morgan fingerprint density at radius 2 is 1.69 bits per heavy atom. The van der Waals surface area contributed by atoms with Gasteiger partial charge < -0.3 is 18.8 Å². The standard InChI is InChI=1S/C26H23N3O5S/c1-29-22-14-20(34-19-9-7-17(32-2)8-10-19)11-12-21(22)27-24(29)15-33-18-5-3-16(4-6-18)13-23-25(30)28-26(31)35-23/h3-12,14,23H,13,15H2,1-2H3,(H,28,30,31)/i23D. The van der Waals surface area contributed by atoms with Crippen LogP contribution in [0.3, 0.4) is 0 Å². The molecule has 1 saturated heterocycles. The van der Waals surface area contributed by atoms with E-state index >= 15 is 0 Å². The van der Waals surface area contributed by atoms with E-state index in [4.69, 9.17) is 15.6 Å². The van der Waals surface area contributed by atoms with Crippen LogP contribution in [0.15, 0.2) is 66.7 Å². The number of methoxy groups -OCH3 is 1. The lowest BCUT2D eigenvalue weighted by Gasteiger charge is -2.09. The van der Waals surface area contributed by atoms with Gasteiger partial charge in [-0.05, 0) is 60.5 Å². The average Bonchev–Trinajstić information content (AvgIpc) is 3.32. The number of rotatable bonds is 8. The van der Waals surface area contributed by atoms with Gasteiger partial charge in [-0.1, -0.05) is 23.9 Å². The summed E-state index contributed by atoms with van der Waals surface area (Å²) < 4.78 is 27.3. The highest BCUT2D eigenvalue weighted by atomic mass is 32.2. The van der Waals surface area contributed by atoms with Crippen molar-refractivity contribution in [1.29, 1.82) is 0 Å². The van der Waals surface area contributed by atoms with Crippen LogP contribution in [0.1, 0.15) is 12.8 Å². The maximum atomic E-state index is 11.9. The monoisotopic (exact) mass is 490 g/mol. The smallest absolute Gasteiger partial charge is 0.286 e. The van der Waals surface area contributed by atoms with Crippen molar-refractivity contribution in [3.8, 4) is 23.0 Å². The number of amides is 2. The number of nitrogens with zero attached hydrogens (tertiary/aromatic N) is 2. The molecular formula is C26H23N3O5S. The molecule has 5 rings (SSSR count). The summed E-state index contributed by atoms with van der Waals surface area (Å²) in [5.74, 6) is 2.96. The minimum atomic E-state index is -1.54. The minimum Gasteiger partial charge on any atom is -0.497 e. The summed E-state index contributed by atoms with van der Waals surface area (Å²) in [6, 6.07) is 20.2. The molecule has 4 aromatic rings. The molecule has 0 aliphatic carbocycles. The third kappa shape index (κ3) is 5.09. The number of aryl methyl sites for hydroxylation is 1. The number of imide groups is 1. The molecule has 1 atom stereocenters. The van der Waals surface area contributed by atoms with Gasteiger partial charge in [0.2, 0.25) is 5.91 Å². The van der Waals surface area contributed by atoms with Gasteiger partial charge in [0, 0.05) is 13.1 Å². The zero-order valence-corrected chi connectivity index (χ0v) is 19.9. The van der Waals surface area contributed by atoms with Crippen LogP contribution in [0, 0.1) is 0 Å². The molecule has 35 heavy (non-hydrogen) atoms. The van der Waals surface area contributed by atoms with Crippen molar-refractivity contribution < 1.29 is 25.2 Å². The third-order valence-corrected chi connectivity index (χ3v) is 6.44. The summed E-state index contributed by atoms with van der Waals surface area (Å²) in [6.45, 7) is 0.258. The fourth-order valence-electron chi connectivity index (χ4n) is 3.69. The zero-order chi connectivity index (χ0) is 25.3. The largest absolute Gasteiger partial charge is 0.497 e. The molecule has 178 valence electrons. The topological polar surface area (TPSA) is 91.7 Å². The Balaban J connectivity index is 1.24. The fraction of sp³-hybridized carbons (Fsp3) is 0.192.